The fourth-order valence-corrected chi connectivity index (χ4v) is 6.37. The van der Waals surface area contributed by atoms with Gasteiger partial charge in [0, 0.05) is 50.0 Å². The number of anilines is 1. The van der Waals surface area contributed by atoms with Crippen molar-refractivity contribution in [2.75, 3.05) is 37.4 Å². The van der Waals surface area contributed by atoms with Crippen LogP contribution in [0.1, 0.15) is 42.2 Å². The van der Waals surface area contributed by atoms with E-state index in [0.29, 0.717) is 17.9 Å². The van der Waals surface area contributed by atoms with Crippen molar-refractivity contribution in [1.29, 1.82) is 0 Å². The highest BCUT2D eigenvalue weighted by Gasteiger charge is 2.25. The lowest BCUT2D eigenvalue weighted by Crippen LogP contribution is -2.36. The van der Waals surface area contributed by atoms with Crippen molar-refractivity contribution in [3.8, 4) is 0 Å². The topological polar surface area (TPSA) is 83.4 Å². The number of nitrogens with zero attached hydrogens (tertiary/aromatic N) is 5. The van der Waals surface area contributed by atoms with Gasteiger partial charge in [0.05, 0.1) is 29.5 Å². The summed E-state index contributed by atoms with van der Waals surface area (Å²) in [6, 6.07) is 7.48. The van der Waals surface area contributed by atoms with Crippen LogP contribution in [-0.2, 0) is 24.5 Å². The molecule has 3 aliphatic rings. The molecule has 0 bridgehead atoms. The maximum absolute atomic E-state index is 13.0. The standard InChI is InChI=1S/C25H32FN7OS/c1-16-10-17-12-21(29-24(17)20(11-16)27-18-3-8-34-9-4-18)25-28-19(15-35-25)2-5-32-6-7-33-22(13-26)30-31-23(33)14-32/h10-12,18-19,27,29H,2-9,13-15H2,1H3. The van der Waals surface area contributed by atoms with Crippen molar-refractivity contribution in [3.05, 3.63) is 41.1 Å². The average molecular weight is 498 g/mol. The molecule has 3 aliphatic heterocycles. The van der Waals surface area contributed by atoms with Gasteiger partial charge in [0.25, 0.3) is 0 Å². The predicted octanol–water partition coefficient (Wildman–Crippen LogP) is 3.90. The van der Waals surface area contributed by atoms with E-state index in [1.807, 2.05) is 16.3 Å². The number of aryl methyl sites for hydroxylation is 1. The summed E-state index contributed by atoms with van der Waals surface area (Å²) < 4.78 is 20.5. The molecule has 0 amide bonds. The zero-order chi connectivity index (χ0) is 23.8. The molecular weight excluding hydrogens is 465 g/mol. The van der Waals surface area contributed by atoms with E-state index in [2.05, 4.69) is 50.5 Å². The van der Waals surface area contributed by atoms with Crippen LogP contribution in [0.25, 0.3) is 10.9 Å². The Morgan fingerprint density at radius 1 is 1.20 bits per heavy atom. The van der Waals surface area contributed by atoms with Crippen molar-refractivity contribution in [2.24, 2.45) is 4.99 Å². The number of hydrogen-bond acceptors (Lipinski definition) is 7. The second-order valence-electron chi connectivity index (χ2n) is 9.77. The summed E-state index contributed by atoms with van der Waals surface area (Å²) in [6.45, 7) is 6.61. The van der Waals surface area contributed by atoms with Gasteiger partial charge in [-0.3, -0.25) is 9.89 Å². The van der Waals surface area contributed by atoms with Crippen LogP contribution in [0, 0.1) is 6.92 Å². The van der Waals surface area contributed by atoms with E-state index in [1.165, 1.54) is 16.6 Å². The first kappa shape index (κ1) is 23.0. The third-order valence-electron chi connectivity index (χ3n) is 7.20. The fourth-order valence-electron chi connectivity index (χ4n) is 5.28. The second-order valence-corrected chi connectivity index (χ2v) is 10.8. The molecule has 6 rings (SSSR count). The Morgan fingerprint density at radius 2 is 2.09 bits per heavy atom. The minimum Gasteiger partial charge on any atom is -0.381 e. The molecule has 35 heavy (non-hydrogen) atoms. The molecule has 8 nitrogen and oxygen atoms in total. The summed E-state index contributed by atoms with van der Waals surface area (Å²) in [5, 5.41) is 14.2. The van der Waals surface area contributed by atoms with E-state index < -0.39 is 6.67 Å². The number of alkyl halides is 1. The number of hydrogen-bond donors (Lipinski definition) is 2. The van der Waals surface area contributed by atoms with Crippen molar-refractivity contribution < 1.29 is 9.13 Å². The third-order valence-corrected chi connectivity index (χ3v) is 8.35. The molecule has 2 aromatic heterocycles. The van der Waals surface area contributed by atoms with Gasteiger partial charge < -0.3 is 19.6 Å². The maximum atomic E-state index is 13.0. The average Bonchev–Trinajstić information content (AvgIpc) is 3.61. The van der Waals surface area contributed by atoms with Gasteiger partial charge in [0.15, 0.2) is 5.82 Å². The van der Waals surface area contributed by atoms with Crippen LogP contribution in [0.2, 0.25) is 0 Å². The van der Waals surface area contributed by atoms with E-state index in [-0.39, 0.29) is 0 Å². The van der Waals surface area contributed by atoms with E-state index in [0.717, 1.165) is 86.5 Å². The van der Waals surface area contributed by atoms with Crippen molar-refractivity contribution >= 4 is 33.4 Å². The number of rotatable bonds is 7. The Kier molecular flexibility index (Phi) is 6.51. The van der Waals surface area contributed by atoms with Crippen LogP contribution in [0.3, 0.4) is 0 Å². The van der Waals surface area contributed by atoms with Crippen LogP contribution in [0.4, 0.5) is 10.1 Å². The van der Waals surface area contributed by atoms with Gasteiger partial charge in [-0.25, -0.2) is 4.39 Å². The van der Waals surface area contributed by atoms with Crippen molar-refractivity contribution in [2.45, 2.75) is 58.0 Å². The quantitative estimate of drug-likeness (QED) is 0.515. The molecule has 186 valence electrons. The van der Waals surface area contributed by atoms with Gasteiger partial charge in [-0.15, -0.1) is 22.0 Å². The minimum absolute atomic E-state index is 0.309. The number of fused-ring (bicyclic) bond motifs is 2. The third kappa shape index (κ3) is 4.83. The van der Waals surface area contributed by atoms with Crippen LogP contribution in [-0.4, -0.2) is 73.8 Å². The monoisotopic (exact) mass is 497 g/mol. The fraction of sp³-hybridized carbons (Fsp3) is 0.560. The molecule has 1 fully saturated rings. The maximum Gasteiger partial charge on any atom is 0.164 e. The van der Waals surface area contributed by atoms with Gasteiger partial charge in [0.1, 0.15) is 17.5 Å². The van der Waals surface area contributed by atoms with Gasteiger partial charge in [0.2, 0.25) is 0 Å². The molecule has 0 radical (unpaired) electrons. The molecule has 1 atom stereocenters. The Hall–Kier alpha value is -2.43. The zero-order valence-corrected chi connectivity index (χ0v) is 20.9. The second kappa shape index (κ2) is 9.91. The number of H-pyrrole nitrogens is 1. The first-order valence-corrected chi connectivity index (χ1v) is 13.5. The van der Waals surface area contributed by atoms with Crippen LogP contribution < -0.4 is 5.32 Å². The number of ether oxygens (including phenoxy) is 1. The van der Waals surface area contributed by atoms with Crippen LogP contribution >= 0.6 is 11.8 Å². The summed E-state index contributed by atoms with van der Waals surface area (Å²) in [6.07, 6.45) is 3.09. The van der Waals surface area contributed by atoms with Crippen molar-refractivity contribution in [1.82, 2.24) is 24.6 Å². The number of benzene rings is 1. The Bertz CT molecular complexity index is 1230. The van der Waals surface area contributed by atoms with Gasteiger partial charge in [-0.05, 0) is 49.9 Å². The molecule has 1 unspecified atom stereocenters. The lowest BCUT2D eigenvalue weighted by Gasteiger charge is -2.27. The van der Waals surface area contributed by atoms with E-state index in [4.69, 9.17) is 9.73 Å². The molecule has 0 saturated carbocycles. The molecule has 1 aromatic carbocycles. The molecule has 5 heterocycles. The number of nitrogens with one attached hydrogen (secondary N) is 2. The SMILES string of the molecule is Cc1cc(NC2CCOCC2)c2[nH]c(C3=NC(CCN4CCn5c(CF)nnc5C4)CS3)cc2c1. The first-order valence-electron chi connectivity index (χ1n) is 12.5. The Labute approximate surface area is 208 Å². The number of halogens is 1. The predicted molar refractivity (Wildman–Crippen MR) is 138 cm³/mol. The number of thioether (sulfide) groups is 1. The summed E-state index contributed by atoms with van der Waals surface area (Å²) >= 11 is 1.84. The molecule has 0 aliphatic carbocycles. The van der Waals surface area contributed by atoms with Crippen LogP contribution in [0.5, 0.6) is 0 Å². The molecule has 2 N–H and O–H groups in total. The van der Waals surface area contributed by atoms with Crippen molar-refractivity contribution in [3.63, 3.8) is 0 Å². The lowest BCUT2D eigenvalue weighted by atomic mass is 10.1. The smallest absolute Gasteiger partial charge is 0.164 e. The molecule has 0 spiro atoms. The summed E-state index contributed by atoms with van der Waals surface area (Å²) in [7, 11) is 0. The zero-order valence-electron chi connectivity index (χ0n) is 20.1. The van der Waals surface area contributed by atoms with E-state index in [9.17, 15) is 4.39 Å². The summed E-state index contributed by atoms with van der Waals surface area (Å²) in [5.74, 6) is 2.32. The molecule has 3 aromatic rings. The van der Waals surface area contributed by atoms with Gasteiger partial charge >= 0.3 is 0 Å². The Balaban J connectivity index is 1.12. The molecule has 1 saturated heterocycles. The number of aromatic nitrogens is 4. The highest BCUT2D eigenvalue weighted by Crippen LogP contribution is 2.31. The van der Waals surface area contributed by atoms with E-state index in [1.54, 1.807) is 0 Å². The summed E-state index contributed by atoms with van der Waals surface area (Å²) in [4.78, 5) is 11.1. The van der Waals surface area contributed by atoms with Gasteiger partial charge in [-0.1, -0.05) is 0 Å². The highest BCUT2D eigenvalue weighted by atomic mass is 32.2. The normalized spacial score (nSPS) is 21.4. The van der Waals surface area contributed by atoms with Gasteiger partial charge in [-0.2, -0.15) is 0 Å². The lowest BCUT2D eigenvalue weighted by molar-refractivity contribution is 0.0905. The minimum atomic E-state index is -0.551. The van der Waals surface area contributed by atoms with Crippen LogP contribution in [0.15, 0.2) is 23.2 Å². The largest absolute Gasteiger partial charge is 0.381 e. The Morgan fingerprint density at radius 3 is 2.94 bits per heavy atom. The number of aliphatic imine (C=N–C) groups is 1. The molecule has 10 heteroatoms. The first-order chi connectivity index (χ1) is 17.2. The number of aromatic amines is 1. The summed E-state index contributed by atoms with van der Waals surface area (Å²) in [5.41, 5.74) is 4.70. The highest BCUT2D eigenvalue weighted by molar-refractivity contribution is 8.14. The van der Waals surface area contributed by atoms with E-state index >= 15 is 0 Å². The molecular formula is C25H32FN7OS.